The Kier molecular flexibility index (Phi) is 6.05. The third kappa shape index (κ3) is 4.60. The Bertz CT molecular complexity index is 1020. The number of fused-ring (bicyclic) bond motifs is 1. The van der Waals surface area contributed by atoms with Crippen LogP contribution in [0.25, 0.3) is 0 Å². The molecule has 1 spiro atoms. The quantitative estimate of drug-likeness (QED) is 0.711. The van der Waals surface area contributed by atoms with E-state index >= 15 is 0 Å². The summed E-state index contributed by atoms with van der Waals surface area (Å²) in [6.45, 7) is 5.05. The molecule has 32 heavy (non-hydrogen) atoms. The van der Waals surface area contributed by atoms with E-state index in [-0.39, 0.29) is 18.2 Å². The number of halogens is 2. The predicted molar refractivity (Wildman–Crippen MR) is 122 cm³/mol. The molecule has 2 aromatic rings. The number of amides is 2. The van der Waals surface area contributed by atoms with Crippen LogP contribution in [0.1, 0.15) is 30.4 Å². The lowest BCUT2D eigenvalue weighted by atomic mass is 9.79. The van der Waals surface area contributed by atoms with Crippen LogP contribution in [0.5, 0.6) is 11.6 Å². The van der Waals surface area contributed by atoms with Gasteiger partial charge < -0.3 is 19.7 Å². The molecule has 4 heterocycles. The monoisotopic (exact) mass is 476 g/mol. The number of ether oxygens (including phenoxy) is 2. The number of rotatable bonds is 4. The summed E-state index contributed by atoms with van der Waals surface area (Å²) in [6.07, 6.45) is 4.99. The van der Waals surface area contributed by atoms with Gasteiger partial charge in [-0.25, -0.2) is 9.78 Å². The van der Waals surface area contributed by atoms with E-state index in [2.05, 4.69) is 15.2 Å². The highest BCUT2D eigenvalue weighted by atomic mass is 35.5. The van der Waals surface area contributed by atoms with Gasteiger partial charge in [0, 0.05) is 44.3 Å². The van der Waals surface area contributed by atoms with E-state index in [9.17, 15) is 4.79 Å². The lowest BCUT2D eigenvalue weighted by Gasteiger charge is -2.40. The maximum Gasteiger partial charge on any atom is 0.317 e. The molecule has 0 aliphatic carbocycles. The molecule has 3 aliphatic heterocycles. The second kappa shape index (κ2) is 8.96. The third-order valence-corrected chi connectivity index (χ3v) is 7.32. The normalized spacial score (nSPS) is 22.5. The van der Waals surface area contributed by atoms with Crippen LogP contribution in [0.15, 0.2) is 30.5 Å². The number of hydrogen-bond acceptors (Lipinski definition) is 5. The van der Waals surface area contributed by atoms with Crippen molar-refractivity contribution in [1.29, 1.82) is 0 Å². The van der Waals surface area contributed by atoms with Crippen molar-refractivity contribution in [3.63, 3.8) is 0 Å². The van der Waals surface area contributed by atoms with Crippen LogP contribution in [0.4, 0.5) is 4.79 Å². The summed E-state index contributed by atoms with van der Waals surface area (Å²) in [7, 11) is 0. The number of carbonyl (C=O) groups excluding carboxylic acids is 1. The molecule has 170 valence electrons. The van der Waals surface area contributed by atoms with Gasteiger partial charge in [-0.2, -0.15) is 0 Å². The van der Waals surface area contributed by atoms with Crippen LogP contribution >= 0.6 is 23.2 Å². The number of pyridine rings is 1. The lowest BCUT2D eigenvalue weighted by molar-refractivity contribution is 0.107. The van der Waals surface area contributed by atoms with Crippen molar-refractivity contribution in [2.75, 3.05) is 33.0 Å². The van der Waals surface area contributed by atoms with Crippen molar-refractivity contribution in [3.05, 3.63) is 51.6 Å². The first kappa shape index (κ1) is 21.6. The Labute approximate surface area is 197 Å². The molecule has 1 aromatic heterocycles. The van der Waals surface area contributed by atoms with Gasteiger partial charge in [0.1, 0.15) is 0 Å². The first-order chi connectivity index (χ1) is 15.5. The molecule has 9 heteroatoms. The van der Waals surface area contributed by atoms with Gasteiger partial charge in [0.15, 0.2) is 5.75 Å². The number of urea groups is 1. The van der Waals surface area contributed by atoms with E-state index in [0.29, 0.717) is 28.2 Å². The number of piperidine rings is 1. The van der Waals surface area contributed by atoms with Crippen LogP contribution in [0, 0.1) is 5.41 Å². The van der Waals surface area contributed by atoms with Crippen molar-refractivity contribution in [2.24, 2.45) is 5.41 Å². The highest BCUT2D eigenvalue weighted by Crippen LogP contribution is 2.39. The fraction of sp³-hybridized carbons (Fsp3) is 0.478. The fourth-order valence-electron chi connectivity index (χ4n) is 4.99. The maximum absolute atomic E-state index is 12.9. The summed E-state index contributed by atoms with van der Waals surface area (Å²) in [4.78, 5) is 21.5. The highest BCUT2D eigenvalue weighted by molar-refractivity contribution is 6.42. The summed E-state index contributed by atoms with van der Waals surface area (Å²) in [5, 5.41) is 4.21. The first-order valence-corrected chi connectivity index (χ1v) is 11.7. The largest absolute Gasteiger partial charge is 0.452 e. The third-order valence-electron chi connectivity index (χ3n) is 6.58. The molecule has 1 aromatic carbocycles. The molecule has 7 nitrogen and oxygen atoms in total. The summed E-state index contributed by atoms with van der Waals surface area (Å²) in [5.41, 5.74) is 2.22. The zero-order chi connectivity index (χ0) is 22.1. The van der Waals surface area contributed by atoms with Gasteiger partial charge in [0.2, 0.25) is 6.79 Å². The molecular weight excluding hydrogens is 451 g/mol. The van der Waals surface area contributed by atoms with Crippen LogP contribution in [-0.2, 0) is 13.1 Å². The van der Waals surface area contributed by atoms with E-state index in [1.54, 1.807) is 6.20 Å². The number of benzene rings is 1. The minimum absolute atomic E-state index is 0.0234. The number of aromatic nitrogens is 1. The molecule has 0 saturated carbocycles. The number of likely N-dealkylation sites (tertiary alicyclic amines) is 2. The molecule has 3 aliphatic rings. The van der Waals surface area contributed by atoms with Gasteiger partial charge in [-0.1, -0.05) is 29.3 Å². The Morgan fingerprint density at radius 3 is 2.88 bits per heavy atom. The summed E-state index contributed by atoms with van der Waals surface area (Å²) in [6, 6.07) is 7.67. The standard InChI is InChI=1S/C23H26Cl2N4O3/c24-18-3-2-16(8-19(18)25)12-28-7-5-23(13-28)4-1-6-29(14-23)22(30)27-11-17-9-20-21(26-10-17)32-15-31-20/h2-3,8-10H,1,4-7,11-15H2,(H,27,30). The van der Waals surface area contributed by atoms with Gasteiger partial charge in [0.05, 0.1) is 10.0 Å². The maximum atomic E-state index is 12.9. The van der Waals surface area contributed by atoms with Crippen molar-refractivity contribution in [2.45, 2.75) is 32.4 Å². The lowest BCUT2D eigenvalue weighted by Crippen LogP contribution is -2.50. The van der Waals surface area contributed by atoms with E-state index in [4.69, 9.17) is 32.7 Å². The zero-order valence-corrected chi connectivity index (χ0v) is 19.3. The van der Waals surface area contributed by atoms with Crippen LogP contribution < -0.4 is 14.8 Å². The van der Waals surface area contributed by atoms with Crippen molar-refractivity contribution in [1.82, 2.24) is 20.1 Å². The molecule has 1 N–H and O–H groups in total. The Hall–Kier alpha value is -2.22. The molecular formula is C23H26Cl2N4O3. The number of nitrogens with one attached hydrogen (secondary N) is 1. The van der Waals surface area contributed by atoms with Crippen molar-refractivity contribution < 1.29 is 14.3 Å². The van der Waals surface area contributed by atoms with Gasteiger partial charge in [-0.05, 0) is 55.1 Å². The summed E-state index contributed by atoms with van der Waals surface area (Å²) in [5.74, 6) is 1.13. The first-order valence-electron chi connectivity index (χ1n) is 10.9. The fourth-order valence-corrected chi connectivity index (χ4v) is 5.31. The van der Waals surface area contributed by atoms with Gasteiger partial charge >= 0.3 is 6.03 Å². The molecule has 1 atom stereocenters. The van der Waals surface area contributed by atoms with E-state index in [1.165, 1.54) is 5.56 Å². The minimum atomic E-state index is -0.0234. The molecule has 0 bridgehead atoms. The van der Waals surface area contributed by atoms with Gasteiger partial charge in [-0.3, -0.25) is 4.90 Å². The van der Waals surface area contributed by atoms with Crippen molar-refractivity contribution >= 4 is 29.2 Å². The number of carbonyl (C=O) groups is 1. The molecule has 5 rings (SSSR count). The van der Waals surface area contributed by atoms with Gasteiger partial charge in [-0.15, -0.1) is 0 Å². The molecule has 1 unspecified atom stereocenters. The van der Waals surface area contributed by atoms with E-state index in [0.717, 1.165) is 57.5 Å². The molecule has 2 amide bonds. The second-order valence-electron chi connectivity index (χ2n) is 8.95. The van der Waals surface area contributed by atoms with E-state index < -0.39 is 0 Å². The summed E-state index contributed by atoms with van der Waals surface area (Å²) < 4.78 is 10.6. The average Bonchev–Trinajstić information content (AvgIpc) is 3.41. The minimum Gasteiger partial charge on any atom is -0.452 e. The summed E-state index contributed by atoms with van der Waals surface area (Å²) >= 11 is 12.2. The SMILES string of the molecule is O=C(NCc1cnc2c(c1)OCO2)N1CCCC2(CCN(Cc3ccc(Cl)c(Cl)c3)C2)C1. The smallest absolute Gasteiger partial charge is 0.317 e. The Morgan fingerprint density at radius 2 is 2.00 bits per heavy atom. The van der Waals surface area contributed by atoms with Crippen LogP contribution in [0.3, 0.4) is 0 Å². The average molecular weight is 477 g/mol. The van der Waals surface area contributed by atoms with E-state index in [1.807, 2.05) is 29.2 Å². The Balaban J connectivity index is 1.16. The molecule has 2 saturated heterocycles. The predicted octanol–water partition coefficient (Wildman–Crippen LogP) is 4.31. The molecule has 2 fully saturated rings. The van der Waals surface area contributed by atoms with Crippen LogP contribution in [-0.4, -0.2) is 53.8 Å². The highest BCUT2D eigenvalue weighted by Gasteiger charge is 2.42. The second-order valence-corrected chi connectivity index (χ2v) is 9.76. The Morgan fingerprint density at radius 1 is 1.09 bits per heavy atom. The van der Waals surface area contributed by atoms with Crippen molar-refractivity contribution in [3.8, 4) is 11.6 Å². The zero-order valence-electron chi connectivity index (χ0n) is 17.8. The van der Waals surface area contributed by atoms with Crippen LogP contribution in [0.2, 0.25) is 10.0 Å². The topological polar surface area (TPSA) is 66.9 Å². The number of nitrogens with zero attached hydrogens (tertiary/aromatic N) is 3. The van der Waals surface area contributed by atoms with Gasteiger partial charge in [0.25, 0.3) is 5.88 Å². The molecule has 0 radical (unpaired) electrons. The number of hydrogen-bond donors (Lipinski definition) is 1.